The molecule has 0 fully saturated rings. The number of thioether (sulfide) groups is 1. The number of esters is 1. The zero-order valence-electron chi connectivity index (χ0n) is 12.0. The van der Waals surface area contributed by atoms with Crippen molar-refractivity contribution < 1.29 is 9.53 Å². The van der Waals surface area contributed by atoms with E-state index in [2.05, 4.69) is 10.3 Å². The third-order valence-electron chi connectivity index (χ3n) is 3.10. The van der Waals surface area contributed by atoms with E-state index < -0.39 is 5.54 Å². The number of carbonyl (C=O) groups is 1. The van der Waals surface area contributed by atoms with E-state index in [0.717, 1.165) is 9.90 Å². The predicted molar refractivity (Wildman–Crippen MR) is 86.7 cm³/mol. The van der Waals surface area contributed by atoms with Crippen molar-refractivity contribution >= 4 is 29.1 Å². The minimum absolute atomic E-state index is 0.278. The van der Waals surface area contributed by atoms with Gasteiger partial charge in [-0.25, -0.2) is 9.78 Å². The fourth-order valence-corrected chi connectivity index (χ4v) is 3.97. The van der Waals surface area contributed by atoms with Gasteiger partial charge in [-0.3, -0.25) is 5.32 Å². The first-order valence-electron chi connectivity index (χ1n) is 6.64. The summed E-state index contributed by atoms with van der Waals surface area (Å²) in [6.45, 7) is 2.65. The number of aromatic nitrogens is 1. The molecule has 1 atom stereocenters. The van der Waals surface area contributed by atoms with Gasteiger partial charge in [0.2, 0.25) is 0 Å². The molecule has 1 heterocycles. The van der Waals surface area contributed by atoms with Gasteiger partial charge in [-0.2, -0.15) is 0 Å². The van der Waals surface area contributed by atoms with Crippen molar-refractivity contribution in [2.75, 3.05) is 19.4 Å². The first kappa shape index (κ1) is 16.0. The van der Waals surface area contributed by atoms with Gasteiger partial charge in [-0.05, 0) is 12.1 Å². The van der Waals surface area contributed by atoms with Crippen LogP contribution in [0.5, 0.6) is 0 Å². The van der Waals surface area contributed by atoms with Gasteiger partial charge in [-0.1, -0.05) is 49.0 Å². The summed E-state index contributed by atoms with van der Waals surface area (Å²) in [7, 11) is 1.42. The molecule has 0 aliphatic rings. The van der Waals surface area contributed by atoms with Crippen LogP contribution in [0.3, 0.4) is 0 Å². The quantitative estimate of drug-likeness (QED) is 0.627. The minimum atomic E-state index is -0.860. The van der Waals surface area contributed by atoms with Crippen LogP contribution in [0.4, 0.5) is 0 Å². The SMILES string of the molecule is CCNC(CSc1nccs1)(C(=O)OC)c1ccccc1. The third kappa shape index (κ3) is 3.64. The molecule has 1 unspecified atom stereocenters. The zero-order chi connectivity index (χ0) is 15.1. The van der Waals surface area contributed by atoms with Crippen molar-refractivity contribution in [1.82, 2.24) is 10.3 Å². The van der Waals surface area contributed by atoms with Crippen LogP contribution in [-0.4, -0.2) is 30.4 Å². The fraction of sp³-hybridized carbons (Fsp3) is 0.333. The average Bonchev–Trinajstić information content (AvgIpc) is 3.05. The molecule has 21 heavy (non-hydrogen) atoms. The maximum Gasteiger partial charge on any atom is 0.331 e. The molecule has 2 rings (SSSR count). The number of thiazole rings is 1. The van der Waals surface area contributed by atoms with Crippen LogP contribution < -0.4 is 5.32 Å². The van der Waals surface area contributed by atoms with Gasteiger partial charge >= 0.3 is 5.97 Å². The number of methoxy groups -OCH3 is 1. The number of hydrogen-bond acceptors (Lipinski definition) is 6. The molecule has 1 aromatic heterocycles. The summed E-state index contributed by atoms with van der Waals surface area (Å²) in [5, 5.41) is 5.24. The molecular formula is C15H18N2O2S2. The molecule has 0 aliphatic heterocycles. The lowest BCUT2D eigenvalue weighted by Crippen LogP contribution is -2.52. The summed E-state index contributed by atoms with van der Waals surface area (Å²) in [5.74, 6) is 0.255. The second kappa shape index (κ2) is 7.59. The highest BCUT2D eigenvalue weighted by Crippen LogP contribution is 2.31. The molecule has 0 bridgehead atoms. The standard InChI is InChI=1S/C15H18N2O2S2/c1-3-17-15(13(18)19-2,12-7-5-4-6-8-12)11-21-14-16-9-10-20-14/h4-10,17H,3,11H2,1-2H3. The van der Waals surface area contributed by atoms with Crippen LogP contribution in [0.2, 0.25) is 0 Å². The molecule has 1 N–H and O–H groups in total. The molecule has 0 radical (unpaired) electrons. The Bertz CT molecular complexity index is 560. The van der Waals surface area contributed by atoms with Crippen LogP contribution >= 0.6 is 23.1 Å². The van der Waals surface area contributed by atoms with E-state index in [-0.39, 0.29) is 5.97 Å². The van der Waals surface area contributed by atoms with Gasteiger partial charge in [0.25, 0.3) is 0 Å². The highest BCUT2D eigenvalue weighted by atomic mass is 32.2. The van der Waals surface area contributed by atoms with Crippen LogP contribution in [0.15, 0.2) is 46.2 Å². The van der Waals surface area contributed by atoms with Crippen molar-refractivity contribution in [1.29, 1.82) is 0 Å². The van der Waals surface area contributed by atoms with E-state index >= 15 is 0 Å². The van der Waals surface area contributed by atoms with E-state index in [1.165, 1.54) is 7.11 Å². The summed E-state index contributed by atoms with van der Waals surface area (Å²) in [6.07, 6.45) is 1.77. The lowest BCUT2D eigenvalue weighted by molar-refractivity contribution is -0.148. The Morgan fingerprint density at radius 2 is 2.19 bits per heavy atom. The van der Waals surface area contributed by atoms with Crippen molar-refractivity contribution in [3.05, 3.63) is 47.5 Å². The second-order valence-corrected chi connectivity index (χ2v) is 6.50. The topological polar surface area (TPSA) is 51.2 Å². The summed E-state index contributed by atoms with van der Waals surface area (Å²) >= 11 is 3.12. The van der Waals surface area contributed by atoms with Crippen molar-refractivity contribution in [2.45, 2.75) is 16.8 Å². The fourth-order valence-electron chi connectivity index (χ4n) is 2.14. The Hall–Kier alpha value is -1.37. The molecule has 2 aromatic rings. The largest absolute Gasteiger partial charge is 0.467 e. The Kier molecular flexibility index (Phi) is 5.78. The van der Waals surface area contributed by atoms with E-state index in [0.29, 0.717) is 12.3 Å². The Morgan fingerprint density at radius 1 is 1.43 bits per heavy atom. The van der Waals surface area contributed by atoms with Gasteiger partial charge in [0.1, 0.15) is 4.34 Å². The van der Waals surface area contributed by atoms with Crippen molar-refractivity contribution in [3.63, 3.8) is 0 Å². The van der Waals surface area contributed by atoms with Gasteiger partial charge in [0, 0.05) is 17.3 Å². The van der Waals surface area contributed by atoms with E-state index in [4.69, 9.17) is 4.74 Å². The zero-order valence-corrected chi connectivity index (χ0v) is 13.7. The molecular weight excluding hydrogens is 304 g/mol. The number of hydrogen-bond donors (Lipinski definition) is 1. The maximum absolute atomic E-state index is 12.5. The van der Waals surface area contributed by atoms with Crippen LogP contribution in [0.1, 0.15) is 12.5 Å². The normalized spacial score (nSPS) is 13.6. The summed E-state index contributed by atoms with van der Waals surface area (Å²) in [5.41, 5.74) is 0.0453. The molecule has 0 amide bonds. The third-order valence-corrected chi connectivity index (χ3v) is 5.24. The van der Waals surface area contributed by atoms with E-state index in [9.17, 15) is 4.79 Å². The van der Waals surface area contributed by atoms with Gasteiger partial charge in [-0.15, -0.1) is 11.3 Å². The first-order valence-corrected chi connectivity index (χ1v) is 8.50. The molecule has 0 spiro atoms. The Balaban J connectivity index is 2.33. The molecule has 6 heteroatoms. The smallest absolute Gasteiger partial charge is 0.331 e. The summed E-state index contributed by atoms with van der Waals surface area (Å²) < 4.78 is 6.00. The maximum atomic E-state index is 12.5. The number of likely N-dealkylation sites (N-methyl/N-ethyl adjacent to an activating group) is 1. The van der Waals surface area contributed by atoms with E-state index in [1.807, 2.05) is 42.6 Å². The molecule has 1 aromatic carbocycles. The molecule has 112 valence electrons. The number of rotatable bonds is 7. The van der Waals surface area contributed by atoms with Crippen LogP contribution in [0, 0.1) is 0 Å². The van der Waals surface area contributed by atoms with Crippen LogP contribution in [0.25, 0.3) is 0 Å². The lowest BCUT2D eigenvalue weighted by atomic mass is 9.91. The lowest BCUT2D eigenvalue weighted by Gasteiger charge is -2.31. The van der Waals surface area contributed by atoms with Crippen molar-refractivity contribution in [3.8, 4) is 0 Å². The first-order chi connectivity index (χ1) is 10.2. The molecule has 0 saturated carbocycles. The monoisotopic (exact) mass is 322 g/mol. The minimum Gasteiger partial charge on any atom is -0.467 e. The number of carbonyl (C=O) groups excluding carboxylic acids is 1. The van der Waals surface area contributed by atoms with Gasteiger partial charge in [0.05, 0.1) is 7.11 Å². The molecule has 0 saturated heterocycles. The number of benzene rings is 1. The summed E-state index contributed by atoms with van der Waals surface area (Å²) in [6, 6.07) is 9.69. The number of ether oxygens (including phenoxy) is 1. The molecule has 0 aliphatic carbocycles. The van der Waals surface area contributed by atoms with E-state index in [1.54, 1.807) is 29.3 Å². The molecule has 4 nitrogen and oxygen atoms in total. The van der Waals surface area contributed by atoms with Crippen molar-refractivity contribution in [2.24, 2.45) is 0 Å². The number of nitrogens with zero attached hydrogens (tertiary/aromatic N) is 1. The second-order valence-electron chi connectivity index (χ2n) is 4.38. The van der Waals surface area contributed by atoms with Crippen LogP contribution in [-0.2, 0) is 15.1 Å². The Morgan fingerprint density at radius 3 is 2.76 bits per heavy atom. The van der Waals surface area contributed by atoms with Gasteiger partial charge in [0.15, 0.2) is 5.54 Å². The highest BCUT2D eigenvalue weighted by molar-refractivity contribution is 8.01. The summed E-state index contributed by atoms with van der Waals surface area (Å²) in [4.78, 5) is 16.7. The Labute approximate surface area is 132 Å². The number of nitrogens with one attached hydrogen (secondary N) is 1. The average molecular weight is 322 g/mol. The highest BCUT2D eigenvalue weighted by Gasteiger charge is 2.41. The van der Waals surface area contributed by atoms with Gasteiger partial charge < -0.3 is 4.74 Å². The predicted octanol–water partition coefficient (Wildman–Crippen LogP) is 2.91.